The van der Waals surface area contributed by atoms with Crippen LogP contribution in [0.5, 0.6) is 0 Å². The number of rotatable bonds is 11. The van der Waals surface area contributed by atoms with E-state index in [1.165, 1.54) is 0 Å². The van der Waals surface area contributed by atoms with Crippen molar-refractivity contribution in [2.45, 2.75) is 51.4 Å². The van der Waals surface area contributed by atoms with Crippen LogP contribution in [0, 0.1) is 0 Å². The maximum absolute atomic E-state index is 5.66. The van der Waals surface area contributed by atoms with Crippen LogP contribution in [0.15, 0.2) is 0 Å². The lowest BCUT2D eigenvalue weighted by Gasteiger charge is -2.25. The molecule has 1 saturated heterocycles. The molecule has 1 rings (SSSR count). The van der Waals surface area contributed by atoms with Crippen LogP contribution in [0.3, 0.4) is 0 Å². The fraction of sp³-hybridized carbons (Fsp3) is 1.00. The molecule has 0 N–H and O–H groups in total. The van der Waals surface area contributed by atoms with E-state index in [0.29, 0.717) is 18.8 Å². The molecule has 0 spiro atoms. The van der Waals surface area contributed by atoms with Gasteiger partial charge in [-0.05, 0) is 12.8 Å². The standard InChI is InChI=1S/C12H26O5Si/c1-5-9-18(13-3,14-4)16-10-15-8-7-12-11(6-2)17-12/h11-12H,5-10H2,1-4H3. The normalized spacial score (nSPS) is 23.3. The first-order valence-electron chi connectivity index (χ1n) is 6.68. The second kappa shape index (κ2) is 8.24. The lowest BCUT2D eigenvalue weighted by Crippen LogP contribution is -2.44. The molecule has 108 valence electrons. The van der Waals surface area contributed by atoms with Crippen molar-refractivity contribution in [2.75, 3.05) is 27.6 Å². The predicted octanol–water partition coefficient (Wildman–Crippen LogP) is 2.19. The van der Waals surface area contributed by atoms with Crippen LogP contribution in [0.2, 0.25) is 6.04 Å². The van der Waals surface area contributed by atoms with Gasteiger partial charge >= 0.3 is 8.80 Å². The highest BCUT2D eigenvalue weighted by Gasteiger charge is 2.38. The molecule has 2 atom stereocenters. The molecule has 1 heterocycles. The molecule has 1 aliphatic rings. The Hall–Kier alpha value is 0.0169. The van der Waals surface area contributed by atoms with Crippen molar-refractivity contribution in [3.63, 3.8) is 0 Å². The molecule has 0 saturated carbocycles. The topological polar surface area (TPSA) is 49.5 Å². The lowest BCUT2D eigenvalue weighted by atomic mass is 10.2. The highest BCUT2D eigenvalue weighted by Crippen LogP contribution is 2.27. The van der Waals surface area contributed by atoms with E-state index < -0.39 is 8.80 Å². The Balaban J connectivity index is 2.07. The van der Waals surface area contributed by atoms with Crippen LogP contribution >= 0.6 is 0 Å². The van der Waals surface area contributed by atoms with Gasteiger partial charge in [0.1, 0.15) is 6.79 Å². The van der Waals surface area contributed by atoms with E-state index in [2.05, 4.69) is 13.8 Å². The third kappa shape index (κ3) is 4.95. The zero-order chi connectivity index (χ0) is 13.4. The first kappa shape index (κ1) is 16.1. The van der Waals surface area contributed by atoms with E-state index in [1.54, 1.807) is 14.2 Å². The van der Waals surface area contributed by atoms with Gasteiger partial charge in [-0.2, -0.15) is 0 Å². The minimum Gasteiger partial charge on any atom is -0.377 e. The van der Waals surface area contributed by atoms with Gasteiger partial charge in [0.15, 0.2) is 0 Å². The van der Waals surface area contributed by atoms with Crippen molar-refractivity contribution < 1.29 is 22.8 Å². The van der Waals surface area contributed by atoms with E-state index in [4.69, 9.17) is 22.8 Å². The van der Waals surface area contributed by atoms with Gasteiger partial charge in [0.2, 0.25) is 0 Å². The molecule has 1 aliphatic heterocycles. The van der Waals surface area contributed by atoms with Crippen LogP contribution < -0.4 is 0 Å². The Morgan fingerprint density at radius 3 is 2.33 bits per heavy atom. The van der Waals surface area contributed by atoms with E-state index in [1.807, 2.05) is 0 Å². The van der Waals surface area contributed by atoms with Crippen molar-refractivity contribution in [3.05, 3.63) is 0 Å². The van der Waals surface area contributed by atoms with Crippen LogP contribution in [0.1, 0.15) is 33.1 Å². The molecule has 0 aromatic rings. The van der Waals surface area contributed by atoms with Crippen LogP contribution in [-0.4, -0.2) is 48.6 Å². The van der Waals surface area contributed by atoms with Crippen LogP contribution in [0.4, 0.5) is 0 Å². The van der Waals surface area contributed by atoms with Gasteiger partial charge in [0, 0.05) is 20.3 Å². The van der Waals surface area contributed by atoms with Gasteiger partial charge in [-0.3, -0.25) is 0 Å². The first-order valence-corrected chi connectivity index (χ1v) is 8.62. The van der Waals surface area contributed by atoms with Gasteiger partial charge in [0.05, 0.1) is 18.8 Å². The second-order valence-electron chi connectivity index (χ2n) is 4.42. The summed E-state index contributed by atoms with van der Waals surface area (Å²) in [6, 6.07) is 0.813. The first-order chi connectivity index (χ1) is 8.71. The SMILES string of the molecule is CCC[Si](OC)(OC)OCOCCC1OC1CC. The summed E-state index contributed by atoms with van der Waals surface area (Å²) in [5, 5.41) is 0. The molecule has 0 aromatic heterocycles. The van der Waals surface area contributed by atoms with E-state index in [-0.39, 0.29) is 6.79 Å². The highest BCUT2D eigenvalue weighted by atomic mass is 28.4. The molecule has 6 heteroatoms. The fourth-order valence-corrected chi connectivity index (χ4v) is 3.80. The summed E-state index contributed by atoms with van der Waals surface area (Å²) in [5.74, 6) is 0. The molecule has 1 fully saturated rings. The zero-order valence-electron chi connectivity index (χ0n) is 11.9. The third-order valence-electron chi connectivity index (χ3n) is 3.18. The molecule has 0 radical (unpaired) electrons. The molecule has 2 unspecified atom stereocenters. The molecule has 5 nitrogen and oxygen atoms in total. The quantitative estimate of drug-likeness (QED) is 0.251. The van der Waals surface area contributed by atoms with Crippen molar-refractivity contribution >= 4 is 8.80 Å². The van der Waals surface area contributed by atoms with E-state index >= 15 is 0 Å². The number of hydrogen-bond donors (Lipinski definition) is 0. The van der Waals surface area contributed by atoms with Gasteiger partial charge in [0.25, 0.3) is 0 Å². The minimum atomic E-state index is -2.48. The summed E-state index contributed by atoms with van der Waals surface area (Å²) in [6.07, 6.45) is 3.83. The molecular formula is C12H26O5Si. The Bertz CT molecular complexity index is 223. The second-order valence-corrected chi connectivity index (χ2v) is 7.39. The number of ether oxygens (including phenoxy) is 2. The van der Waals surface area contributed by atoms with Crippen LogP contribution in [0.25, 0.3) is 0 Å². The monoisotopic (exact) mass is 278 g/mol. The molecule has 0 aliphatic carbocycles. The maximum Gasteiger partial charge on any atom is 0.502 e. The molecule has 0 amide bonds. The van der Waals surface area contributed by atoms with E-state index in [0.717, 1.165) is 25.3 Å². The van der Waals surface area contributed by atoms with Gasteiger partial charge in [-0.25, -0.2) is 0 Å². The third-order valence-corrected chi connectivity index (χ3v) is 6.09. The Labute approximate surface area is 111 Å². The maximum atomic E-state index is 5.66. The zero-order valence-corrected chi connectivity index (χ0v) is 12.9. The Morgan fingerprint density at radius 2 is 1.83 bits per heavy atom. The van der Waals surface area contributed by atoms with Gasteiger partial charge in [-0.1, -0.05) is 20.3 Å². The Morgan fingerprint density at radius 1 is 1.11 bits per heavy atom. The summed E-state index contributed by atoms with van der Waals surface area (Å²) in [5.41, 5.74) is 0. The molecule has 18 heavy (non-hydrogen) atoms. The van der Waals surface area contributed by atoms with E-state index in [9.17, 15) is 0 Å². The Kier molecular flexibility index (Phi) is 7.36. The lowest BCUT2D eigenvalue weighted by molar-refractivity contribution is -0.0345. The largest absolute Gasteiger partial charge is 0.502 e. The molecular weight excluding hydrogens is 252 g/mol. The summed E-state index contributed by atoms with van der Waals surface area (Å²) < 4.78 is 27.3. The van der Waals surface area contributed by atoms with Crippen molar-refractivity contribution in [1.29, 1.82) is 0 Å². The predicted molar refractivity (Wildman–Crippen MR) is 70.3 cm³/mol. The summed E-state index contributed by atoms with van der Waals surface area (Å²) in [6.45, 7) is 5.11. The minimum absolute atomic E-state index is 0.234. The molecule has 0 bridgehead atoms. The average Bonchev–Trinajstić information content (AvgIpc) is 3.16. The van der Waals surface area contributed by atoms with Gasteiger partial charge in [-0.15, -0.1) is 0 Å². The highest BCUT2D eigenvalue weighted by molar-refractivity contribution is 6.60. The number of epoxide rings is 1. The fourth-order valence-electron chi connectivity index (χ4n) is 1.97. The number of hydrogen-bond acceptors (Lipinski definition) is 5. The smallest absolute Gasteiger partial charge is 0.377 e. The summed E-state index contributed by atoms with van der Waals surface area (Å²) in [7, 11) is 0.787. The van der Waals surface area contributed by atoms with Crippen LogP contribution in [-0.2, 0) is 22.8 Å². The average molecular weight is 278 g/mol. The van der Waals surface area contributed by atoms with Crippen molar-refractivity contribution in [3.8, 4) is 0 Å². The summed E-state index contributed by atoms with van der Waals surface area (Å²) in [4.78, 5) is 0. The summed E-state index contributed by atoms with van der Waals surface area (Å²) >= 11 is 0. The van der Waals surface area contributed by atoms with Crippen molar-refractivity contribution in [1.82, 2.24) is 0 Å². The molecule has 0 aromatic carbocycles. The van der Waals surface area contributed by atoms with Gasteiger partial charge < -0.3 is 22.8 Å². The van der Waals surface area contributed by atoms with Crippen molar-refractivity contribution in [2.24, 2.45) is 0 Å².